The van der Waals surface area contributed by atoms with Gasteiger partial charge in [0.1, 0.15) is 23.7 Å². The molecule has 4 aromatic rings. The number of hydrogen-bond donors (Lipinski definition) is 1. The van der Waals surface area contributed by atoms with Gasteiger partial charge in [-0.05, 0) is 13.0 Å². The van der Waals surface area contributed by atoms with Crippen LogP contribution >= 0.6 is 0 Å². The van der Waals surface area contributed by atoms with Crippen LogP contribution in [0.3, 0.4) is 0 Å². The molecule has 0 radical (unpaired) electrons. The fraction of sp³-hybridized carbons (Fsp3) is 0.182. The van der Waals surface area contributed by atoms with Crippen molar-refractivity contribution < 1.29 is 9.53 Å². The first-order chi connectivity index (χ1) is 14.1. The molecule has 1 N–H and O–H groups in total. The molecule has 0 aliphatic rings. The molecular weight excluding hydrogens is 366 g/mol. The predicted molar refractivity (Wildman–Crippen MR) is 112 cm³/mol. The molecule has 2 aromatic heterocycles. The van der Waals surface area contributed by atoms with Gasteiger partial charge in [0.05, 0.1) is 24.0 Å². The van der Waals surface area contributed by atoms with Gasteiger partial charge in [-0.3, -0.25) is 9.36 Å². The first-order valence-corrected chi connectivity index (χ1v) is 9.35. The number of amides is 1. The standard InChI is InChI=1S/C22H21N5O2/c1-4-20(28)26-18-10-16-17(11-19(18)29-3)23-13-24-22(16)27-12-14(2)25-21(27)15-8-6-5-7-9-15/h5-13H,4H2,1-3H3,(H,26,28). The van der Waals surface area contributed by atoms with Crippen LogP contribution in [-0.2, 0) is 4.79 Å². The van der Waals surface area contributed by atoms with Gasteiger partial charge in [-0.2, -0.15) is 0 Å². The lowest BCUT2D eigenvalue weighted by atomic mass is 10.1. The number of aromatic nitrogens is 4. The third kappa shape index (κ3) is 3.54. The van der Waals surface area contributed by atoms with Gasteiger partial charge in [-0.1, -0.05) is 37.3 Å². The summed E-state index contributed by atoms with van der Waals surface area (Å²) < 4.78 is 7.40. The molecule has 0 fully saturated rings. The van der Waals surface area contributed by atoms with E-state index in [0.717, 1.165) is 22.5 Å². The zero-order chi connectivity index (χ0) is 20.4. The summed E-state index contributed by atoms with van der Waals surface area (Å²) in [6.45, 7) is 3.75. The fourth-order valence-corrected chi connectivity index (χ4v) is 3.22. The highest BCUT2D eigenvalue weighted by molar-refractivity contribution is 5.97. The summed E-state index contributed by atoms with van der Waals surface area (Å²) in [6.07, 6.45) is 3.84. The van der Waals surface area contributed by atoms with Gasteiger partial charge in [0.25, 0.3) is 0 Å². The van der Waals surface area contributed by atoms with E-state index in [1.54, 1.807) is 20.1 Å². The minimum Gasteiger partial charge on any atom is -0.494 e. The maximum Gasteiger partial charge on any atom is 0.224 e. The van der Waals surface area contributed by atoms with Crippen molar-refractivity contribution in [3.63, 3.8) is 0 Å². The molecule has 29 heavy (non-hydrogen) atoms. The summed E-state index contributed by atoms with van der Waals surface area (Å²) >= 11 is 0. The third-order valence-electron chi connectivity index (χ3n) is 4.62. The van der Waals surface area contributed by atoms with E-state index < -0.39 is 0 Å². The summed E-state index contributed by atoms with van der Waals surface area (Å²) in [5, 5.41) is 3.68. The van der Waals surface area contributed by atoms with E-state index in [4.69, 9.17) is 9.72 Å². The Bertz CT molecular complexity index is 1180. The smallest absolute Gasteiger partial charge is 0.224 e. The predicted octanol–water partition coefficient (Wildman–Crippen LogP) is 4.15. The van der Waals surface area contributed by atoms with E-state index in [1.807, 2.05) is 54.1 Å². The summed E-state index contributed by atoms with van der Waals surface area (Å²) in [5.74, 6) is 1.93. The molecule has 0 bridgehead atoms. The SMILES string of the molecule is CCC(=O)Nc1cc2c(-n3cc(C)nc3-c3ccccc3)ncnc2cc1OC. The van der Waals surface area contributed by atoms with Crippen LogP contribution in [0.1, 0.15) is 19.0 Å². The molecule has 4 rings (SSSR count). The van der Waals surface area contributed by atoms with Gasteiger partial charge in [-0.25, -0.2) is 15.0 Å². The Kier molecular flexibility index (Phi) is 4.95. The van der Waals surface area contributed by atoms with Crippen molar-refractivity contribution in [1.82, 2.24) is 19.5 Å². The fourth-order valence-electron chi connectivity index (χ4n) is 3.22. The summed E-state index contributed by atoms with van der Waals surface area (Å²) in [5.41, 5.74) is 3.16. The second-order valence-electron chi connectivity index (χ2n) is 6.61. The number of aryl methyl sites for hydroxylation is 1. The number of nitrogens with one attached hydrogen (secondary N) is 1. The van der Waals surface area contributed by atoms with Crippen molar-refractivity contribution in [2.24, 2.45) is 0 Å². The Balaban J connectivity index is 1.94. The number of nitrogens with zero attached hydrogens (tertiary/aromatic N) is 4. The zero-order valence-corrected chi connectivity index (χ0v) is 16.5. The molecule has 0 saturated heterocycles. The number of ether oxygens (including phenoxy) is 1. The molecule has 0 spiro atoms. The highest BCUT2D eigenvalue weighted by Gasteiger charge is 2.16. The number of fused-ring (bicyclic) bond motifs is 1. The molecule has 1 amide bonds. The lowest BCUT2D eigenvalue weighted by Crippen LogP contribution is -2.11. The topological polar surface area (TPSA) is 81.9 Å². The Morgan fingerprint density at radius 3 is 2.69 bits per heavy atom. The second-order valence-corrected chi connectivity index (χ2v) is 6.61. The molecule has 0 aliphatic carbocycles. The van der Waals surface area contributed by atoms with E-state index in [2.05, 4.69) is 15.3 Å². The van der Waals surface area contributed by atoms with Crippen LogP contribution in [0.2, 0.25) is 0 Å². The van der Waals surface area contributed by atoms with Crippen molar-refractivity contribution in [2.75, 3.05) is 12.4 Å². The molecule has 7 nitrogen and oxygen atoms in total. The lowest BCUT2D eigenvalue weighted by molar-refractivity contribution is -0.115. The van der Waals surface area contributed by atoms with Gasteiger partial charge in [-0.15, -0.1) is 0 Å². The van der Waals surface area contributed by atoms with E-state index in [1.165, 1.54) is 6.33 Å². The Labute approximate surface area is 168 Å². The molecule has 2 heterocycles. The van der Waals surface area contributed by atoms with E-state index in [9.17, 15) is 4.79 Å². The van der Waals surface area contributed by atoms with Crippen molar-refractivity contribution >= 4 is 22.5 Å². The summed E-state index contributed by atoms with van der Waals surface area (Å²) in [7, 11) is 1.57. The third-order valence-corrected chi connectivity index (χ3v) is 4.62. The molecule has 0 saturated carbocycles. The van der Waals surface area contributed by atoms with Crippen molar-refractivity contribution in [3.8, 4) is 23.0 Å². The quantitative estimate of drug-likeness (QED) is 0.556. The molecule has 7 heteroatoms. The van der Waals surface area contributed by atoms with Gasteiger partial charge < -0.3 is 10.1 Å². The summed E-state index contributed by atoms with van der Waals surface area (Å²) in [4.78, 5) is 25.6. The first-order valence-electron chi connectivity index (χ1n) is 9.35. The molecule has 0 aliphatic heterocycles. The van der Waals surface area contributed by atoms with Crippen LogP contribution in [-0.4, -0.2) is 32.5 Å². The highest BCUT2D eigenvalue weighted by Crippen LogP contribution is 2.33. The van der Waals surface area contributed by atoms with Crippen molar-refractivity contribution in [2.45, 2.75) is 20.3 Å². The number of carbonyl (C=O) groups excluding carboxylic acids is 1. The van der Waals surface area contributed by atoms with E-state index >= 15 is 0 Å². The average Bonchev–Trinajstić information content (AvgIpc) is 3.14. The zero-order valence-electron chi connectivity index (χ0n) is 16.5. The normalized spacial score (nSPS) is 10.9. The number of anilines is 1. The van der Waals surface area contributed by atoms with Gasteiger partial charge in [0.2, 0.25) is 5.91 Å². The highest BCUT2D eigenvalue weighted by atomic mass is 16.5. The second kappa shape index (κ2) is 7.71. The van der Waals surface area contributed by atoms with Crippen LogP contribution in [0.4, 0.5) is 5.69 Å². The Morgan fingerprint density at radius 1 is 1.17 bits per heavy atom. The monoisotopic (exact) mass is 387 g/mol. The van der Waals surface area contributed by atoms with Crippen LogP contribution in [0.5, 0.6) is 5.75 Å². The molecular formula is C22H21N5O2. The lowest BCUT2D eigenvalue weighted by Gasteiger charge is -2.14. The largest absolute Gasteiger partial charge is 0.494 e. The minimum absolute atomic E-state index is 0.0931. The molecule has 146 valence electrons. The Morgan fingerprint density at radius 2 is 1.97 bits per heavy atom. The maximum atomic E-state index is 12.0. The molecule has 0 atom stereocenters. The first kappa shape index (κ1) is 18.6. The van der Waals surface area contributed by atoms with E-state index in [0.29, 0.717) is 29.2 Å². The maximum absolute atomic E-state index is 12.0. The molecule has 2 aromatic carbocycles. The van der Waals surface area contributed by atoms with Crippen LogP contribution in [0, 0.1) is 6.92 Å². The van der Waals surface area contributed by atoms with Crippen molar-refractivity contribution in [3.05, 3.63) is 60.7 Å². The van der Waals surface area contributed by atoms with E-state index in [-0.39, 0.29) is 5.91 Å². The number of carbonyl (C=O) groups is 1. The van der Waals surface area contributed by atoms with Crippen LogP contribution < -0.4 is 10.1 Å². The van der Waals surface area contributed by atoms with Gasteiger partial charge in [0.15, 0.2) is 0 Å². The number of rotatable bonds is 5. The minimum atomic E-state index is -0.0931. The Hall–Kier alpha value is -3.74. The number of methoxy groups -OCH3 is 1. The summed E-state index contributed by atoms with van der Waals surface area (Å²) in [6, 6.07) is 13.6. The number of benzene rings is 2. The van der Waals surface area contributed by atoms with Crippen molar-refractivity contribution in [1.29, 1.82) is 0 Å². The van der Waals surface area contributed by atoms with Crippen LogP contribution in [0.25, 0.3) is 28.1 Å². The van der Waals surface area contributed by atoms with Crippen LogP contribution in [0.15, 0.2) is 55.0 Å². The number of imidazole rings is 1. The number of hydrogen-bond acceptors (Lipinski definition) is 5. The van der Waals surface area contributed by atoms with Gasteiger partial charge >= 0.3 is 0 Å². The average molecular weight is 387 g/mol. The van der Waals surface area contributed by atoms with Gasteiger partial charge in [0, 0.05) is 29.6 Å². The molecule has 0 unspecified atom stereocenters.